The normalized spacial score (nSPS) is 13.8. The van der Waals surface area contributed by atoms with Crippen molar-refractivity contribution >= 4 is 17.5 Å². The first-order valence-corrected chi connectivity index (χ1v) is 12.4. The lowest BCUT2D eigenvalue weighted by molar-refractivity contribution is -0.116. The molecule has 0 atom stereocenters. The minimum absolute atomic E-state index is 0.00591. The molecule has 2 heterocycles. The third-order valence-corrected chi connectivity index (χ3v) is 6.84. The zero-order valence-corrected chi connectivity index (χ0v) is 21.4. The van der Waals surface area contributed by atoms with Crippen LogP contribution in [0.3, 0.4) is 0 Å². The smallest absolute Gasteiger partial charge is 0.254 e. The zero-order valence-electron chi connectivity index (χ0n) is 21.4. The Bertz CT molecular complexity index is 1240. The molecule has 0 aliphatic carbocycles. The molecule has 1 aromatic heterocycles. The molecule has 1 N–H and O–H groups in total. The standard InChI is InChI=1S/C29H32FN3O4/c1-19-16-25(36-2)26(37-3)17-24(19)29(35)33-14-12-22(13-15-33)21-6-8-23(9-7-21)32-28(34)11-5-20-4-10-27(30)31-18-20/h4,6-10,16-18,22H,5,11-15H2,1-3H3,(H,32,34). The first-order valence-electron chi connectivity index (χ1n) is 12.4. The third-order valence-electron chi connectivity index (χ3n) is 6.84. The van der Waals surface area contributed by atoms with Crippen molar-refractivity contribution in [2.75, 3.05) is 32.6 Å². The number of rotatable bonds is 8. The van der Waals surface area contributed by atoms with E-state index in [2.05, 4.69) is 10.3 Å². The fraction of sp³-hybridized carbons (Fsp3) is 0.345. The molecule has 0 bridgehead atoms. The van der Waals surface area contributed by atoms with E-state index in [0.29, 0.717) is 48.9 Å². The summed E-state index contributed by atoms with van der Waals surface area (Å²) in [6, 6.07) is 14.4. The first-order chi connectivity index (χ1) is 17.9. The highest BCUT2D eigenvalue weighted by Gasteiger charge is 2.26. The molecule has 4 rings (SSSR count). The van der Waals surface area contributed by atoms with Gasteiger partial charge in [0.1, 0.15) is 0 Å². The van der Waals surface area contributed by atoms with Crippen LogP contribution in [0, 0.1) is 12.9 Å². The lowest BCUT2D eigenvalue weighted by Crippen LogP contribution is -2.38. The minimum Gasteiger partial charge on any atom is -0.493 e. The molecule has 0 unspecified atom stereocenters. The highest BCUT2D eigenvalue weighted by Crippen LogP contribution is 2.33. The molecule has 7 nitrogen and oxygen atoms in total. The molecule has 1 saturated heterocycles. The average molecular weight is 506 g/mol. The molecular formula is C29H32FN3O4. The molecule has 37 heavy (non-hydrogen) atoms. The van der Waals surface area contributed by atoms with Gasteiger partial charge in [-0.05, 0) is 79.1 Å². The van der Waals surface area contributed by atoms with Crippen molar-refractivity contribution in [3.63, 3.8) is 0 Å². The Morgan fingerprint density at radius 3 is 2.32 bits per heavy atom. The number of carbonyl (C=O) groups is 2. The van der Waals surface area contributed by atoms with E-state index in [0.717, 1.165) is 29.7 Å². The average Bonchev–Trinajstić information content (AvgIpc) is 2.92. The Morgan fingerprint density at radius 1 is 1.03 bits per heavy atom. The second-order valence-corrected chi connectivity index (χ2v) is 9.25. The number of aromatic nitrogens is 1. The second kappa shape index (κ2) is 11.9. The Hall–Kier alpha value is -3.94. The fourth-order valence-electron chi connectivity index (χ4n) is 4.67. The number of hydrogen-bond donors (Lipinski definition) is 1. The summed E-state index contributed by atoms with van der Waals surface area (Å²) in [7, 11) is 3.15. The maximum absolute atomic E-state index is 13.2. The Kier molecular flexibility index (Phi) is 8.38. The molecule has 0 saturated carbocycles. The van der Waals surface area contributed by atoms with E-state index >= 15 is 0 Å². The molecular weight excluding hydrogens is 473 g/mol. The lowest BCUT2D eigenvalue weighted by atomic mass is 9.89. The number of anilines is 1. The van der Waals surface area contributed by atoms with Gasteiger partial charge >= 0.3 is 0 Å². The van der Waals surface area contributed by atoms with Crippen LogP contribution in [0.5, 0.6) is 11.5 Å². The molecule has 0 spiro atoms. The molecule has 194 valence electrons. The van der Waals surface area contributed by atoms with Gasteiger partial charge in [0.2, 0.25) is 11.9 Å². The summed E-state index contributed by atoms with van der Waals surface area (Å²) in [5.41, 5.74) is 4.24. The Morgan fingerprint density at radius 2 is 1.70 bits per heavy atom. The van der Waals surface area contributed by atoms with Crippen LogP contribution < -0.4 is 14.8 Å². The van der Waals surface area contributed by atoms with E-state index in [1.54, 1.807) is 26.4 Å². The number of hydrogen-bond acceptors (Lipinski definition) is 5. The van der Waals surface area contributed by atoms with Crippen molar-refractivity contribution in [3.05, 3.63) is 82.9 Å². The van der Waals surface area contributed by atoms with Crippen LogP contribution >= 0.6 is 0 Å². The van der Waals surface area contributed by atoms with Crippen LogP contribution in [-0.2, 0) is 11.2 Å². The number of nitrogens with one attached hydrogen (secondary N) is 1. The molecule has 2 amide bonds. The maximum Gasteiger partial charge on any atom is 0.254 e. The number of aryl methyl sites for hydroxylation is 2. The van der Waals surface area contributed by atoms with Crippen molar-refractivity contribution in [2.45, 2.75) is 38.5 Å². The largest absolute Gasteiger partial charge is 0.493 e. The van der Waals surface area contributed by atoms with Crippen LogP contribution in [0.25, 0.3) is 0 Å². The number of pyridine rings is 1. The van der Waals surface area contributed by atoms with Crippen molar-refractivity contribution in [2.24, 2.45) is 0 Å². The highest BCUT2D eigenvalue weighted by atomic mass is 19.1. The molecule has 3 aromatic rings. The van der Waals surface area contributed by atoms with Gasteiger partial charge in [-0.3, -0.25) is 9.59 Å². The molecule has 0 radical (unpaired) electrons. The summed E-state index contributed by atoms with van der Waals surface area (Å²) in [5, 5.41) is 2.91. The molecule has 2 aromatic carbocycles. The van der Waals surface area contributed by atoms with Gasteiger partial charge in [0.05, 0.1) is 14.2 Å². The topological polar surface area (TPSA) is 80.8 Å². The van der Waals surface area contributed by atoms with E-state index in [1.807, 2.05) is 42.2 Å². The van der Waals surface area contributed by atoms with Crippen molar-refractivity contribution in [1.29, 1.82) is 0 Å². The number of methoxy groups -OCH3 is 2. The number of carbonyl (C=O) groups excluding carboxylic acids is 2. The van der Waals surface area contributed by atoms with Crippen LogP contribution in [-0.4, -0.2) is 49.0 Å². The van der Waals surface area contributed by atoms with E-state index in [1.165, 1.54) is 17.8 Å². The van der Waals surface area contributed by atoms with Crippen molar-refractivity contribution < 1.29 is 23.5 Å². The maximum atomic E-state index is 13.2. The van der Waals surface area contributed by atoms with Gasteiger partial charge in [0.25, 0.3) is 5.91 Å². The summed E-state index contributed by atoms with van der Waals surface area (Å²) in [6.45, 7) is 3.25. The number of nitrogens with zero attached hydrogens (tertiary/aromatic N) is 2. The number of piperidine rings is 1. The van der Waals surface area contributed by atoms with Gasteiger partial charge in [-0.15, -0.1) is 0 Å². The molecule has 8 heteroatoms. The monoisotopic (exact) mass is 505 g/mol. The minimum atomic E-state index is -0.529. The van der Waals surface area contributed by atoms with Crippen LogP contribution in [0.15, 0.2) is 54.7 Å². The Balaban J connectivity index is 1.29. The van der Waals surface area contributed by atoms with Crippen molar-refractivity contribution in [1.82, 2.24) is 9.88 Å². The summed E-state index contributed by atoms with van der Waals surface area (Å²) < 4.78 is 23.6. The number of amides is 2. The molecule has 1 aliphatic heterocycles. The quantitative estimate of drug-likeness (QED) is 0.429. The summed E-state index contributed by atoms with van der Waals surface area (Å²) in [6.07, 6.45) is 3.98. The van der Waals surface area contributed by atoms with Gasteiger partial charge in [0.15, 0.2) is 11.5 Å². The van der Waals surface area contributed by atoms with Crippen molar-refractivity contribution in [3.8, 4) is 11.5 Å². The molecule has 1 aliphatic rings. The van der Waals surface area contributed by atoms with E-state index < -0.39 is 5.95 Å². The fourth-order valence-corrected chi connectivity index (χ4v) is 4.67. The number of ether oxygens (including phenoxy) is 2. The summed E-state index contributed by atoms with van der Waals surface area (Å²) in [4.78, 5) is 31.0. The third kappa shape index (κ3) is 6.44. The van der Waals surface area contributed by atoms with Crippen LogP contribution in [0.2, 0.25) is 0 Å². The SMILES string of the molecule is COc1cc(C)c(C(=O)N2CCC(c3ccc(NC(=O)CCc4ccc(F)nc4)cc3)CC2)cc1OC. The number of halogens is 1. The van der Waals surface area contributed by atoms with Crippen LogP contribution in [0.1, 0.15) is 52.2 Å². The lowest BCUT2D eigenvalue weighted by Gasteiger charge is -2.33. The van der Waals surface area contributed by atoms with E-state index in [9.17, 15) is 14.0 Å². The van der Waals surface area contributed by atoms with Gasteiger partial charge in [-0.2, -0.15) is 4.39 Å². The number of benzene rings is 2. The van der Waals surface area contributed by atoms with Gasteiger partial charge < -0.3 is 19.7 Å². The summed E-state index contributed by atoms with van der Waals surface area (Å²) >= 11 is 0. The van der Waals surface area contributed by atoms with Gasteiger partial charge in [0, 0.05) is 37.0 Å². The highest BCUT2D eigenvalue weighted by molar-refractivity contribution is 5.96. The van der Waals surface area contributed by atoms with Gasteiger partial charge in [-0.25, -0.2) is 4.98 Å². The first kappa shape index (κ1) is 26.1. The Labute approximate surface area is 216 Å². The van der Waals surface area contributed by atoms with Crippen LogP contribution in [0.4, 0.5) is 10.1 Å². The molecule has 1 fully saturated rings. The second-order valence-electron chi connectivity index (χ2n) is 9.25. The number of likely N-dealkylation sites (tertiary alicyclic amines) is 1. The predicted octanol–water partition coefficient (Wildman–Crippen LogP) is 5.14. The summed E-state index contributed by atoms with van der Waals surface area (Å²) in [5.74, 6) is 0.886. The predicted molar refractivity (Wildman–Crippen MR) is 140 cm³/mol. The van der Waals surface area contributed by atoms with E-state index in [4.69, 9.17) is 9.47 Å². The zero-order chi connectivity index (χ0) is 26.4. The van der Waals surface area contributed by atoms with Gasteiger partial charge in [-0.1, -0.05) is 18.2 Å². The van der Waals surface area contributed by atoms with E-state index in [-0.39, 0.29) is 11.8 Å².